The van der Waals surface area contributed by atoms with Gasteiger partial charge in [-0.05, 0) is 48.4 Å². The Morgan fingerprint density at radius 2 is 2.44 bits per heavy atom. The first kappa shape index (κ1) is 13.8. The molecule has 1 aliphatic rings. The first-order chi connectivity index (χ1) is 8.74. The summed E-state index contributed by atoms with van der Waals surface area (Å²) in [7, 11) is 0. The molecule has 1 aromatic rings. The number of hydrogen-bond acceptors (Lipinski definition) is 4. The molecule has 18 heavy (non-hydrogen) atoms. The van der Waals surface area contributed by atoms with Gasteiger partial charge in [-0.2, -0.15) is 0 Å². The molecule has 2 N–H and O–H groups in total. The second-order valence-corrected chi connectivity index (χ2v) is 5.60. The minimum Gasteiger partial charge on any atom is -0.351 e. The van der Waals surface area contributed by atoms with Crippen LogP contribution in [0.5, 0.6) is 0 Å². The predicted octanol–water partition coefficient (Wildman–Crippen LogP) is 1.34. The zero-order valence-electron chi connectivity index (χ0n) is 10.6. The largest absolute Gasteiger partial charge is 0.351 e. The maximum absolute atomic E-state index is 11.7. The topological polar surface area (TPSA) is 61.0 Å². The smallest absolute Gasteiger partial charge is 0.266 e. The summed E-state index contributed by atoms with van der Waals surface area (Å²) in [5, 5.41) is 3.39. The van der Waals surface area contributed by atoms with Gasteiger partial charge in [0.2, 0.25) is 0 Å². The van der Waals surface area contributed by atoms with Crippen LogP contribution in [0.1, 0.15) is 26.2 Å². The van der Waals surface area contributed by atoms with Gasteiger partial charge in [0.15, 0.2) is 0 Å². The van der Waals surface area contributed by atoms with Crippen LogP contribution in [0.4, 0.5) is 5.82 Å². The maximum atomic E-state index is 11.7. The number of halogens is 1. The molecule has 2 rings (SSSR count). The van der Waals surface area contributed by atoms with E-state index in [2.05, 4.69) is 49.7 Å². The summed E-state index contributed by atoms with van der Waals surface area (Å²) in [5.41, 5.74) is -0.0478. The molecule has 1 atom stereocenters. The number of rotatable bonds is 4. The molecule has 1 saturated heterocycles. The van der Waals surface area contributed by atoms with Crippen molar-refractivity contribution in [2.75, 3.05) is 24.5 Å². The molecule has 0 spiro atoms. The minimum absolute atomic E-state index is 0.0478. The second-order valence-electron chi connectivity index (χ2n) is 4.52. The van der Waals surface area contributed by atoms with Crippen molar-refractivity contribution in [2.24, 2.45) is 0 Å². The normalized spacial score (nSPS) is 20.1. The summed E-state index contributed by atoms with van der Waals surface area (Å²) < 4.78 is 0.693. The van der Waals surface area contributed by atoms with E-state index in [1.54, 1.807) is 0 Å². The number of aromatic nitrogens is 2. The molecule has 100 valence electrons. The number of likely N-dealkylation sites (N-methyl/N-ethyl adjacent to an activating group) is 1. The fourth-order valence-corrected chi connectivity index (χ4v) is 2.98. The Labute approximate surface area is 121 Å². The molecule has 1 aromatic heterocycles. The minimum atomic E-state index is -0.0478. The third kappa shape index (κ3) is 3.03. The van der Waals surface area contributed by atoms with Crippen LogP contribution < -0.4 is 15.8 Å². The quantitative estimate of drug-likeness (QED) is 0.794. The van der Waals surface area contributed by atoms with Crippen molar-refractivity contribution in [3.8, 4) is 0 Å². The molecule has 1 unspecified atom stereocenters. The van der Waals surface area contributed by atoms with Crippen LogP contribution in [0.3, 0.4) is 0 Å². The lowest BCUT2D eigenvalue weighted by Crippen LogP contribution is -2.46. The Morgan fingerprint density at radius 3 is 3.22 bits per heavy atom. The molecule has 2 heterocycles. The number of aromatic amines is 1. The average molecular weight is 362 g/mol. The molecule has 6 heteroatoms. The van der Waals surface area contributed by atoms with E-state index in [0.29, 0.717) is 9.61 Å². The molecule has 0 aromatic carbocycles. The standard InChI is InChI=1S/C12H19IN4O/c1-2-14-7-9-5-3-4-6-17(9)11-10(13)12(18)16-8-15-11/h8-9,14H,2-7H2,1H3,(H,15,16,18). The molecule has 0 radical (unpaired) electrons. The van der Waals surface area contributed by atoms with Gasteiger partial charge in [0.1, 0.15) is 9.39 Å². The molecular weight excluding hydrogens is 343 g/mol. The van der Waals surface area contributed by atoms with Gasteiger partial charge in [0, 0.05) is 19.1 Å². The first-order valence-corrected chi connectivity index (χ1v) is 7.52. The Morgan fingerprint density at radius 1 is 1.61 bits per heavy atom. The Hall–Kier alpha value is -0.630. The highest BCUT2D eigenvalue weighted by Crippen LogP contribution is 2.24. The first-order valence-electron chi connectivity index (χ1n) is 6.44. The lowest BCUT2D eigenvalue weighted by molar-refractivity contribution is 0.435. The monoisotopic (exact) mass is 362 g/mol. The van der Waals surface area contributed by atoms with Crippen molar-refractivity contribution in [3.05, 3.63) is 20.3 Å². The summed E-state index contributed by atoms with van der Waals surface area (Å²) >= 11 is 2.09. The van der Waals surface area contributed by atoms with Gasteiger partial charge in [-0.25, -0.2) is 4.98 Å². The van der Waals surface area contributed by atoms with Crippen LogP contribution in [0, 0.1) is 3.57 Å². The average Bonchev–Trinajstić information content (AvgIpc) is 2.40. The third-order valence-electron chi connectivity index (χ3n) is 3.31. The summed E-state index contributed by atoms with van der Waals surface area (Å²) in [4.78, 5) is 20.9. The van der Waals surface area contributed by atoms with Crippen molar-refractivity contribution >= 4 is 28.4 Å². The zero-order chi connectivity index (χ0) is 13.0. The lowest BCUT2D eigenvalue weighted by Gasteiger charge is -2.37. The van der Waals surface area contributed by atoms with Gasteiger partial charge < -0.3 is 15.2 Å². The van der Waals surface area contributed by atoms with E-state index in [1.165, 1.54) is 19.2 Å². The fraction of sp³-hybridized carbons (Fsp3) is 0.667. The van der Waals surface area contributed by atoms with Gasteiger partial charge in [-0.15, -0.1) is 0 Å². The van der Waals surface area contributed by atoms with Crippen LogP contribution in [0.2, 0.25) is 0 Å². The Balaban J connectivity index is 2.22. The van der Waals surface area contributed by atoms with Crippen LogP contribution in [-0.4, -0.2) is 35.6 Å². The van der Waals surface area contributed by atoms with Gasteiger partial charge >= 0.3 is 0 Å². The zero-order valence-corrected chi connectivity index (χ0v) is 12.7. The maximum Gasteiger partial charge on any atom is 0.266 e. The summed E-state index contributed by atoms with van der Waals surface area (Å²) in [6.07, 6.45) is 5.09. The number of H-pyrrole nitrogens is 1. The van der Waals surface area contributed by atoms with Crippen molar-refractivity contribution in [3.63, 3.8) is 0 Å². The lowest BCUT2D eigenvalue weighted by atomic mass is 10.0. The molecule has 0 saturated carbocycles. The fourth-order valence-electron chi connectivity index (χ4n) is 2.38. The van der Waals surface area contributed by atoms with E-state index >= 15 is 0 Å². The number of piperidine rings is 1. The van der Waals surface area contributed by atoms with Crippen molar-refractivity contribution in [2.45, 2.75) is 32.2 Å². The van der Waals surface area contributed by atoms with Gasteiger partial charge in [-0.1, -0.05) is 6.92 Å². The van der Waals surface area contributed by atoms with Crippen molar-refractivity contribution < 1.29 is 0 Å². The molecule has 5 nitrogen and oxygen atoms in total. The van der Waals surface area contributed by atoms with E-state index in [4.69, 9.17) is 0 Å². The highest BCUT2D eigenvalue weighted by atomic mass is 127. The predicted molar refractivity (Wildman–Crippen MR) is 81.1 cm³/mol. The number of nitrogens with one attached hydrogen (secondary N) is 2. The summed E-state index contributed by atoms with van der Waals surface area (Å²) in [5.74, 6) is 0.835. The van der Waals surface area contributed by atoms with Crippen LogP contribution in [0.25, 0.3) is 0 Å². The molecule has 0 aliphatic carbocycles. The van der Waals surface area contributed by atoms with E-state index in [-0.39, 0.29) is 5.56 Å². The van der Waals surface area contributed by atoms with E-state index in [9.17, 15) is 4.79 Å². The summed E-state index contributed by atoms with van der Waals surface area (Å²) in [6, 6.07) is 0.446. The van der Waals surface area contributed by atoms with Gasteiger partial charge in [0.25, 0.3) is 5.56 Å². The van der Waals surface area contributed by atoms with E-state index in [0.717, 1.165) is 31.9 Å². The van der Waals surface area contributed by atoms with Gasteiger partial charge in [-0.3, -0.25) is 4.79 Å². The van der Waals surface area contributed by atoms with Crippen LogP contribution in [0.15, 0.2) is 11.1 Å². The van der Waals surface area contributed by atoms with E-state index in [1.807, 2.05) is 0 Å². The molecule has 1 fully saturated rings. The highest BCUT2D eigenvalue weighted by Gasteiger charge is 2.25. The highest BCUT2D eigenvalue weighted by molar-refractivity contribution is 14.1. The number of nitrogens with zero attached hydrogens (tertiary/aromatic N) is 2. The molecule has 0 bridgehead atoms. The van der Waals surface area contributed by atoms with Crippen molar-refractivity contribution in [1.29, 1.82) is 0 Å². The van der Waals surface area contributed by atoms with Crippen LogP contribution >= 0.6 is 22.6 Å². The van der Waals surface area contributed by atoms with Crippen LogP contribution in [-0.2, 0) is 0 Å². The number of anilines is 1. The molecular formula is C12H19IN4O. The van der Waals surface area contributed by atoms with Gasteiger partial charge in [0.05, 0.1) is 6.33 Å². The van der Waals surface area contributed by atoms with Crippen molar-refractivity contribution in [1.82, 2.24) is 15.3 Å². The molecule has 0 amide bonds. The summed E-state index contributed by atoms with van der Waals surface area (Å²) in [6.45, 7) is 5.04. The van der Waals surface area contributed by atoms with E-state index < -0.39 is 0 Å². The third-order valence-corrected chi connectivity index (χ3v) is 4.28. The SMILES string of the molecule is CCNCC1CCCCN1c1nc[nH]c(=O)c1I. The molecule has 1 aliphatic heterocycles. The Kier molecular flexibility index (Phi) is 4.99. The Bertz CT molecular complexity index is 448. The number of hydrogen-bond donors (Lipinski definition) is 2. The second kappa shape index (κ2) is 6.51.